The third-order valence-corrected chi connectivity index (χ3v) is 2.09. The summed E-state index contributed by atoms with van der Waals surface area (Å²) in [4.78, 5) is 0. The van der Waals surface area contributed by atoms with Gasteiger partial charge in [-0.3, -0.25) is 4.72 Å². The Morgan fingerprint density at radius 1 is 1.62 bits per heavy atom. The predicted octanol–water partition coefficient (Wildman–Crippen LogP) is 0.592. The summed E-state index contributed by atoms with van der Waals surface area (Å²) in [5, 5.41) is 8.77. The van der Waals surface area contributed by atoms with Crippen molar-refractivity contribution in [3.05, 3.63) is 0 Å². The molecule has 1 aliphatic rings. The summed E-state index contributed by atoms with van der Waals surface area (Å²) < 4.78 is 3.03. The van der Waals surface area contributed by atoms with Crippen molar-refractivity contribution in [1.82, 2.24) is 4.72 Å². The molecule has 1 aliphatic carbocycles. The van der Waals surface area contributed by atoms with Gasteiger partial charge in [-0.25, -0.2) is 0 Å². The molecule has 0 heterocycles. The average molecular weight is 151 g/mol. The second-order valence-electron chi connectivity index (χ2n) is 2.03. The maximum Gasteiger partial charge on any atom is 0.0570 e. The van der Waals surface area contributed by atoms with E-state index in [0.717, 1.165) is 12.8 Å². The van der Waals surface area contributed by atoms with Gasteiger partial charge in [-0.05, 0) is 23.8 Å². The van der Waals surface area contributed by atoms with Gasteiger partial charge < -0.3 is 5.11 Å². The Bertz CT molecular complexity index is 71.7. The van der Waals surface area contributed by atoms with Gasteiger partial charge in [0.2, 0.25) is 0 Å². The molecular weight excluding hydrogens is 142 g/mol. The van der Waals surface area contributed by atoms with E-state index in [1.54, 1.807) is 0 Å². The Morgan fingerprint density at radius 3 is 2.62 bits per heavy atom. The molecule has 1 fully saturated rings. The second-order valence-corrected chi connectivity index (χ2v) is 3.00. The first-order valence-corrected chi connectivity index (χ1v) is 4.44. The lowest BCUT2D eigenvalue weighted by atomic mass is 9.91. The maximum absolute atomic E-state index is 8.77. The third-order valence-electron chi connectivity index (χ3n) is 1.33. The van der Waals surface area contributed by atoms with Crippen LogP contribution in [-0.2, 0) is 0 Å². The fourth-order valence-electron chi connectivity index (χ4n) is 0.759. The summed E-state index contributed by atoms with van der Waals surface area (Å²) in [5.41, 5.74) is 0. The van der Waals surface area contributed by atoms with Crippen LogP contribution in [0, 0.1) is 0 Å². The molecule has 0 saturated heterocycles. The van der Waals surface area contributed by atoms with Crippen molar-refractivity contribution in [1.29, 1.82) is 0 Å². The predicted molar refractivity (Wildman–Crippen MR) is 38.7 cm³/mol. The molecule has 48 valence electrons. The SMILES string of the molecule is O[C@H]1C[C@@H](NSS)C1. The number of aliphatic hydroxyl groups excluding tert-OH is 1. The topological polar surface area (TPSA) is 32.3 Å². The van der Waals surface area contributed by atoms with Gasteiger partial charge in [0.1, 0.15) is 0 Å². The number of nitrogens with one attached hydrogen (secondary N) is 1. The molecule has 2 nitrogen and oxygen atoms in total. The van der Waals surface area contributed by atoms with Crippen LogP contribution in [-0.4, -0.2) is 17.3 Å². The first-order chi connectivity index (χ1) is 3.83. The minimum absolute atomic E-state index is 0.0621. The van der Waals surface area contributed by atoms with E-state index in [2.05, 4.69) is 16.4 Å². The zero-order chi connectivity index (χ0) is 5.98. The van der Waals surface area contributed by atoms with Crippen molar-refractivity contribution in [2.24, 2.45) is 0 Å². The molecule has 0 spiro atoms. The molecule has 1 rings (SSSR count). The molecule has 0 aliphatic heterocycles. The molecular formula is C4H9NOS2. The molecule has 1 saturated carbocycles. The Balaban J connectivity index is 1.98. The number of rotatable bonds is 2. The highest BCUT2D eigenvalue weighted by atomic mass is 33.1. The monoisotopic (exact) mass is 151 g/mol. The van der Waals surface area contributed by atoms with Gasteiger partial charge in [-0.1, -0.05) is 11.7 Å². The molecule has 2 N–H and O–H groups in total. The van der Waals surface area contributed by atoms with E-state index in [-0.39, 0.29) is 6.10 Å². The first-order valence-electron chi connectivity index (χ1n) is 2.57. The molecule has 0 aromatic carbocycles. The molecule has 0 bridgehead atoms. The van der Waals surface area contributed by atoms with Crippen molar-refractivity contribution >= 4 is 22.6 Å². The second kappa shape index (κ2) is 2.96. The van der Waals surface area contributed by atoms with Crippen LogP contribution in [0.3, 0.4) is 0 Å². The lowest BCUT2D eigenvalue weighted by Gasteiger charge is -2.30. The maximum atomic E-state index is 8.77. The van der Waals surface area contributed by atoms with Gasteiger partial charge in [-0.15, -0.1) is 0 Å². The molecule has 0 atom stereocenters. The van der Waals surface area contributed by atoms with Gasteiger partial charge in [-0.2, -0.15) is 0 Å². The summed E-state index contributed by atoms with van der Waals surface area (Å²) in [5.74, 6) is 0. The highest BCUT2D eigenvalue weighted by Crippen LogP contribution is 2.21. The summed E-state index contributed by atoms with van der Waals surface area (Å²) in [6.45, 7) is 0. The summed E-state index contributed by atoms with van der Waals surface area (Å²) in [6.07, 6.45) is 1.70. The highest BCUT2D eigenvalue weighted by molar-refractivity contribution is 8.67. The highest BCUT2D eigenvalue weighted by Gasteiger charge is 2.26. The van der Waals surface area contributed by atoms with E-state index in [1.807, 2.05) is 0 Å². The van der Waals surface area contributed by atoms with Crippen LogP contribution < -0.4 is 4.72 Å². The Labute approximate surface area is 58.0 Å². The fraction of sp³-hybridized carbons (Fsp3) is 1.00. The van der Waals surface area contributed by atoms with E-state index in [1.165, 1.54) is 11.0 Å². The lowest BCUT2D eigenvalue weighted by Crippen LogP contribution is -2.40. The fourth-order valence-corrected chi connectivity index (χ4v) is 1.55. The number of aliphatic hydroxyl groups is 1. The normalized spacial score (nSPS) is 36.8. The van der Waals surface area contributed by atoms with Crippen molar-refractivity contribution in [3.8, 4) is 0 Å². The van der Waals surface area contributed by atoms with Gasteiger partial charge in [0.15, 0.2) is 0 Å². The van der Waals surface area contributed by atoms with Crippen LogP contribution in [0.25, 0.3) is 0 Å². The lowest BCUT2D eigenvalue weighted by molar-refractivity contribution is 0.0723. The Morgan fingerprint density at radius 2 is 2.25 bits per heavy atom. The van der Waals surface area contributed by atoms with Crippen molar-refractivity contribution in [2.45, 2.75) is 25.0 Å². The van der Waals surface area contributed by atoms with Gasteiger partial charge >= 0.3 is 0 Å². The quantitative estimate of drug-likeness (QED) is 0.307. The minimum Gasteiger partial charge on any atom is -0.393 e. The Hall–Kier alpha value is 0.620. The standard InChI is InChI=1S/C4H9NOS2/c6-4-1-3(2-4)5-8-7/h3-7H,1-2H2/t3-,4+. The summed E-state index contributed by atoms with van der Waals surface area (Å²) >= 11 is 3.90. The number of hydrogen-bond acceptors (Lipinski definition) is 4. The molecule has 0 aromatic heterocycles. The average Bonchev–Trinajstić information content (AvgIpc) is 1.64. The molecule has 4 heteroatoms. The first kappa shape index (κ1) is 6.74. The number of hydrogen-bond donors (Lipinski definition) is 3. The van der Waals surface area contributed by atoms with Crippen LogP contribution in [0.2, 0.25) is 0 Å². The minimum atomic E-state index is -0.0621. The van der Waals surface area contributed by atoms with Crippen molar-refractivity contribution in [2.75, 3.05) is 0 Å². The van der Waals surface area contributed by atoms with E-state index >= 15 is 0 Å². The van der Waals surface area contributed by atoms with E-state index in [0.29, 0.717) is 6.04 Å². The van der Waals surface area contributed by atoms with Crippen LogP contribution in [0.5, 0.6) is 0 Å². The zero-order valence-electron chi connectivity index (χ0n) is 4.37. The van der Waals surface area contributed by atoms with Gasteiger partial charge in [0, 0.05) is 6.04 Å². The summed E-state index contributed by atoms with van der Waals surface area (Å²) in [6, 6.07) is 0.493. The largest absolute Gasteiger partial charge is 0.393 e. The van der Waals surface area contributed by atoms with Crippen LogP contribution in [0.4, 0.5) is 0 Å². The molecule has 0 radical (unpaired) electrons. The van der Waals surface area contributed by atoms with E-state index in [9.17, 15) is 0 Å². The van der Waals surface area contributed by atoms with Crippen LogP contribution in [0.1, 0.15) is 12.8 Å². The van der Waals surface area contributed by atoms with E-state index in [4.69, 9.17) is 5.11 Å². The van der Waals surface area contributed by atoms with Crippen LogP contribution in [0.15, 0.2) is 0 Å². The Kier molecular flexibility index (Phi) is 2.49. The molecule has 0 unspecified atom stereocenters. The zero-order valence-corrected chi connectivity index (χ0v) is 6.08. The molecule has 8 heavy (non-hydrogen) atoms. The van der Waals surface area contributed by atoms with Crippen molar-refractivity contribution in [3.63, 3.8) is 0 Å². The smallest absolute Gasteiger partial charge is 0.0570 e. The number of thiol groups is 1. The van der Waals surface area contributed by atoms with E-state index < -0.39 is 0 Å². The third kappa shape index (κ3) is 1.55. The van der Waals surface area contributed by atoms with Crippen molar-refractivity contribution < 1.29 is 5.11 Å². The summed E-state index contributed by atoms with van der Waals surface area (Å²) in [7, 11) is 1.32. The van der Waals surface area contributed by atoms with Crippen LogP contribution >= 0.6 is 22.6 Å². The van der Waals surface area contributed by atoms with Gasteiger partial charge in [0.05, 0.1) is 6.10 Å². The molecule has 0 aromatic rings. The van der Waals surface area contributed by atoms with Gasteiger partial charge in [0.25, 0.3) is 0 Å². The molecule has 0 amide bonds.